The van der Waals surface area contributed by atoms with E-state index in [1.807, 2.05) is 23.7 Å². The highest BCUT2D eigenvalue weighted by atomic mass is 32.1. The Morgan fingerprint density at radius 1 is 1.26 bits per heavy atom. The highest BCUT2D eigenvalue weighted by molar-refractivity contribution is 7.07. The molecular formula is C17H15FN4S. The number of hydrogen-bond donors (Lipinski definition) is 1. The summed E-state index contributed by atoms with van der Waals surface area (Å²) >= 11 is 1.41. The summed E-state index contributed by atoms with van der Waals surface area (Å²) in [6.07, 6.45) is 5.21. The van der Waals surface area contributed by atoms with E-state index in [1.54, 1.807) is 35.2 Å². The van der Waals surface area contributed by atoms with E-state index >= 15 is 0 Å². The summed E-state index contributed by atoms with van der Waals surface area (Å²) in [4.78, 5) is 8.16. The summed E-state index contributed by atoms with van der Waals surface area (Å²) < 4.78 is 15.8. The summed E-state index contributed by atoms with van der Waals surface area (Å²) in [5.74, 6) is -0.288. The van der Waals surface area contributed by atoms with Crippen molar-refractivity contribution < 1.29 is 4.39 Å². The average molecular weight is 326 g/mol. The number of thiazole rings is 1. The lowest BCUT2D eigenvalue weighted by atomic mass is 10.1. The molecule has 0 aliphatic heterocycles. The first-order chi connectivity index (χ1) is 11.3. The standard InChI is InChI=1S/C17H15FN4S/c1-2-9-20-17-22(21-11-13-6-5-10-19-13)16(12-23-17)14-7-3-4-8-15(14)18/h2-8,10-12,19H,1,9H2. The van der Waals surface area contributed by atoms with E-state index in [0.29, 0.717) is 22.6 Å². The predicted octanol–water partition coefficient (Wildman–Crippen LogP) is 3.65. The van der Waals surface area contributed by atoms with Gasteiger partial charge in [0.25, 0.3) is 0 Å². The van der Waals surface area contributed by atoms with Crippen LogP contribution >= 0.6 is 11.3 Å². The normalized spacial score (nSPS) is 12.1. The van der Waals surface area contributed by atoms with Gasteiger partial charge in [0.05, 0.1) is 24.1 Å². The zero-order chi connectivity index (χ0) is 16.1. The van der Waals surface area contributed by atoms with Gasteiger partial charge in [-0.05, 0) is 24.3 Å². The monoisotopic (exact) mass is 326 g/mol. The van der Waals surface area contributed by atoms with Gasteiger partial charge in [0, 0.05) is 17.1 Å². The van der Waals surface area contributed by atoms with Crippen molar-refractivity contribution in [3.63, 3.8) is 0 Å². The molecular weight excluding hydrogens is 311 g/mol. The van der Waals surface area contributed by atoms with Crippen LogP contribution in [-0.2, 0) is 0 Å². The van der Waals surface area contributed by atoms with Crippen LogP contribution in [0, 0.1) is 5.82 Å². The predicted molar refractivity (Wildman–Crippen MR) is 92.1 cm³/mol. The fraction of sp³-hybridized carbons (Fsp3) is 0.0588. The fourth-order valence-electron chi connectivity index (χ4n) is 2.06. The van der Waals surface area contributed by atoms with Gasteiger partial charge in [-0.2, -0.15) is 5.10 Å². The molecule has 3 rings (SSSR count). The Balaban J connectivity index is 2.12. The van der Waals surface area contributed by atoms with Crippen LogP contribution in [0.4, 0.5) is 4.39 Å². The minimum absolute atomic E-state index is 0.288. The number of rotatable bonds is 5. The first-order valence-electron chi connectivity index (χ1n) is 7.04. The van der Waals surface area contributed by atoms with Crippen molar-refractivity contribution in [1.82, 2.24) is 9.66 Å². The van der Waals surface area contributed by atoms with Gasteiger partial charge in [0.2, 0.25) is 4.80 Å². The van der Waals surface area contributed by atoms with E-state index < -0.39 is 0 Å². The molecule has 0 aliphatic rings. The molecule has 0 unspecified atom stereocenters. The maximum atomic E-state index is 14.1. The van der Waals surface area contributed by atoms with Gasteiger partial charge >= 0.3 is 0 Å². The molecule has 4 nitrogen and oxygen atoms in total. The Labute approximate surface area is 137 Å². The molecule has 1 N–H and O–H groups in total. The third-order valence-corrected chi connectivity index (χ3v) is 3.98. The first-order valence-corrected chi connectivity index (χ1v) is 7.92. The Bertz CT molecular complexity index is 887. The SMILES string of the molecule is C=CCN=c1scc(-c2ccccc2F)n1N=Cc1ccc[nH]1. The first kappa shape index (κ1) is 15.2. The van der Waals surface area contributed by atoms with Gasteiger partial charge in [-0.1, -0.05) is 18.2 Å². The maximum Gasteiger partial charge on any atom is 0.206 e. The van der Waals surface area contributed by atoms with E-state index in [4.69, 9.17) is 0 Å². The second-order valence-corrected chi connectivity index (χ2v) is 5.53. The van der Waals surface area contributed by atoms with Gasteiger partial charge in [-0.3, -0.25) is 4.99 Å². The molecule has 2 heterocycles. The molecule has 0 radical (unpaired) electrons. The largest absolute Gasteiger partial charge is 0.360 e. The average Bonchev–Trinajstić information content (AvgIpc) is 3.21. The molecule has 0 fully saturated rings. The van der Waals surface area contributed by atoms with E-state index in [9.17, 15) is 4.39 Å². The molecule has 3 aromatic rings. The molecule has 23 heavy (non-hydrogen) atoms. The van der Waals surface area contributed by atoms with E-state index in [-0.39, 0.29) is 5.82 Å². The van der Waals surface area contributed by atoms with Crippen LogP contribution in [-0.4, -0.2) is 22.4 Å². The number of halogens is 1. The lowest BCUT2D eigenvalue weighted by molar-refractivity contribution is 0.629. The quantitative estimate of drug-likeness (QED) is 0.549. The molecule has 1 aromatic carbocycles. The lowest BCUT2D eigenvalue weighted by Crippen LogP contribution is -2.12. The van der Waals surface area contributed by atoms with Crippen LogP contribution in [0.5, 0.6) is 0 Å². The van der Waals surface area contributed by atoms with Crippen LogP contribution in [0.3, 0.4) is 0 Å². The molecule has 6 heteroatoms. The topological polar surface area (TPSA) is 45.4 Å². The third-order valence-electron chi connectivity index (χ3n) is 3.13. The van der Waals surface area contributed by atoms with Crippen LogP contribution in [0.25, 0.3) is 11.3 Å². The van der Waals surface area contributed by atoms with Crippen LogP contribution in [0.2, 0.25) is 0 Å². The van der Waals surface area contributed by atoms with Gasteiger partial charge in [0.1, 0.15) is 5.82 Å². The zero-order valence-electron chi connectivity index (χ0n) is 12.3. The van der Waals surface area contributed by atoms with Crippen molar-refractivity contribution in [2.75, 3.05) is 6.54 Å². The lowest BCUT2D eigenvalue weighted by Gasteiger charge is -2.04. The molecule has 0 atom stereocenters. The van der Waals surface area contributed by atoms with Crippen LogP contribution < -0.4 is 4.80 Å². The van der Waals surface area contributed by atoms with Crippen molar-refractivity contribution in [3.05, 3.63) is 76.9 Å². The Morgan fingerprint density at radius 3 is 2.87 bits per heavy atom. The number of aromatic nitrogens is 2. The van der Waals surface area contributed by atoms with Crippen LogP contribution in [0.1, 0.15) is 5.69 Å². The number of nitrogens with zero attached hydrogens (tertiary/aromatic N) is 3. The Kier molecular flexibility index (Phi) is 4.63. The molecule has 0 amide bonds. The van der Waals surface area contributed by atoms with Gasteiger partial charge in [0.15, 0.2) is 0 Å². The molecule has 0 spiro atoms. The van der Waals surface area contributed by atoms with E-state index in [0.717, 1.165) is 5.69 Å². The number of H-pyrrole nitrogens is 1. The van der Waals surface area contributed by atoms with Crippen molar-refractivity contribution in [1.29, 1.82) is 0 Å². The molecule has 2 aromatic heterocycles. The highest BCUT2D eigenvalue weighted by Gasteiger charge is 2.11. The Hall–Kier alpha value is -2.73. The van der Waals surface area contributed by atoms with Gasteiger partial charge in [-0.25, -0.2) is 9.07 Å². The fourth-order valence-corrected chi connectivity index (χ4v) is 2.90. The zero-order valence-corrected chi connectivity index (χ0v) is 13.1. The summed E-state index contributed by atoms with van der Waals surface area (Å²) in [5.41, 5.74) is 2.02. The summed E-state index contributed by atoms with van der Waals surface area (Å²) in [5, 5.41) is 6.31. The minimum Gasteiger partial charge on any atom is -0.360 e. The molecule has 116 valence electrons. The Morgan fingerprint density at radius 2 is 2.13 bits per heavy atom. The summed E-state index contributed by atoms with van der Waals surface area (Å²) in [6.45, 7) is 4.15. The second kappa shape index (κ2) is 7.02. The minimum atomic E-state index is -0.288. The molecule has 0 aliphatic carbocycles. The number of aromatic amines is 1. The molecule has 0 saturated carbocycles. The van der Waals surface area contributed by atoms with Crippen LogP contribution in [0.15, 0.2) is 70.7 Å². The van der Waals surface area contributed by atoms with E-state index in [1.165, 1.54) is 17.4 Å². The van der Waals surface area contributed by atoms with Crippen molar-refractivity contribution in [2.24, 2.45) is 10.1 Å². The smallest absolute Gasteiger partial charge is 0.206 e. The number of nitrogens with one attached hydrogen (secondary N) is 1. The number of benzene rings is 1. The van der Waals surface area contributed by atoms with Crippen molar-refractivity contribution in [3.8, 4) is 11.3 Å². The third kappa shape index (κ3) is 3.37. The van der Waals surface area contributed by atoms with Crippen molar-refractivity contribution in [2.45, 2.75) is 0 Å². The van der Waals surface area contributed by atoms with Gasteiger partial charge < -0.3 is 4.98 Å². The molecule has 0 saturated heterocycles. The van der Waals surface area contributed by atoms with Crippen molar-refractivity contribution >= 4 is 17.6 Å². The second-order valence-electron chi connectivity index (χ2n) is 4.69. The van der Waals surface area contributed by atoms with Gasteiger partial charge in [-0.15, -0.1) is 17.9 Å². The number of hydrogen-bond acceptors (Lipinski definition) is 3. The molecule has 0 bridgehead atoms. The summed E-state index contributed by atoms with van der Waals surface area (Å²) in [6, 6.07) is 10.4. The summed E-state index contributed by atoms with van der Waals surface area (Å²) in [7, 11) is 0. The maximum absolute atomic E-state index is 14.1. The van der Waals surface area contributed by atoms with E-state index in [2.05, 4.69) is 21.7 Å². The highest BCUT2D eigenvalue weighted by Crippen LogP contribution is 2.23.